The van der Waals surface area contributed by atoms with Crippen LogP contribution in [0.4, 0.5) is 0 Å². The van der Waals surface area contributed by atoms with E-state index in [9.17, 15) is 0 Å². The summed E-state index contributed by atoms with van der Waals surface area (Å²) in [5.41, 5.74) is 8.03. The van der Waals surface area contributed by atoms with Crippen molar-refractivity contribution in [3.63, 3.8) is 0 Å². The van der Waals surface area contributed by atoms with Gasteiger partial charge in [-0.3, -0.25) is 4.68 Å². The Bertz CT molecular complexity index is 465. The monoisotopic (exact) mass is 233 g/mol. The van der Waals surface area contributed by atoms with Gasteiger partial charge in [-0.1, -0.05) is 12.1 Å². The fourth-order valence-corrected chi connectivity index (χ4v) is 2.37. The SMILES string of the molecule is Cn1cc(CSc2cccc(CN)c2)cn1. The summed E-state index contributed by atoms with van der Waals surface area (Å²) < 4.78 is 1.83. The molecular weight excluding hydrogens is 218 g/mol. The Morgan fingerprint density at radius 2 is 2.25 bits per heavy atom. The van der Waals surface area contributed by atoms with E-state index in [1.165, 1.54) is 16.0 Å². The van der Waals surface area contributed by atoms with Crippen LogP contribution in [0.15, 0.2) is 41.6 Å². The minimum atomic E-state index is 0.599. The number of hydrogen-bond donors (Lipinski definition) is 1. The molecule has 0 amide bonds. The molecule has 2 aromatic rings. The predicted molar refractivity (Wildman–Crippen MR) is 67.1 cm³/mol. The largest absolute Gasteiger partial charge is 0.326 e. The average Bonchev–Trinajstić information content (AvgIpc) is 2.73. The lowest BCUT2D eigenvalue weighted by atomic mass is 10.2. The van der Waals surface area contributed by atoms with Gasteiger partial charge in [0.15, 0.2) is 0 Å². The molecule has 0 fully saturated rings. The summed E-state index contributed by atoms with van der Waals surface area (Å²) in [5, 5.41) is 4.15. The van der Waals surface area contributed by atoms with Crippen molar-refractivity contribution in [2.45, 2.75) is 17.2 Å². The molecule has 0 saturated carbocycles. The molecule has 0 aliphatic rings. The maximum atomic E-state index is 5.61. The molecule has 0 radical (unpaired) electrons. The number of benzene rings is 1. The summed E-state index contributed by atoms with van der Waals surface area (Å²) in [6, 6.07) is 8.35. The van der Waals surface area contributed by atoms with Crippen LogP contribution in [0.1, 0.15) is 11.1 Å². The van der Waals surface area contributed by atoms with Crippen molar-refractivity contribution in [3.05, 3.63) is 47.8 Å². The highest BCUT2D eigenvalue weighted by atomic mass is 32.2. The van der Waals surface area contributed by atoms with E-state index >= 15 is 0 Å². The van der Waals surface area contributed by atoms with Crippen molar-refractivity contribution >= 4 is 11.8 Å². The van der Waals surface area contributed by atoms with E-state index in [4.69, 9.17) is 5.73 Å². The molecule has 0 bridgehead atoms. The fraction of sp³-hybridized carbons (Fsp3) is 0.250. The maximum absolute atomic E-state index is 5.61. The molecule has 0 saturated heterocycles. The van der Waals surface area contributed by atoms with Crippen molar-refractivity contribution in [2.24, 2.45) is 12.8 Å². The van der Waals surface area contributed by atoms with Gasteiger partial charge < -0.3 is 5.73 Å². The Morgan fingerprint density at radius 3 is 2.94 bits per heavy atom. The summed E-state index contributed by atoms with van der Waals surface area (Å²) >= 11 is 1.81. The van der Waals surface area contributed by atoms with Crippen LogP contribution in [0, 0.1) is 0 Å². The molecule has 2 rings (SSSR count). The van der Waals surface area contributed by atoms with Gasteiger partial charge in [0.25, 0.3) is 0 Å². The Kier molecular flexibility index (Phi) is 3.64. The first-order valence-corrected chi connectivity index (χ1v) is 6.16. The van der Waals surface area contributed by atoms with Gasteiger partial charge in [0.05, 0.1) is 6.20 Å². The van der Waals surface area contributed by atoms with Crippen molar-refractivity contribution in [2.75, 3.05) is 0 Å². The van der Waals surface area contributed by atoms with E-state index in [2.05, 4.69) is 17.2 Å². The summed E-state index contributed by atoms with van der Waals surface area (Å²) in [7, 11) is 1.93. The Hall–Kier alpha value is -1.26. The lowest BCUT2D eigenvalue weighted by Crippen LogP contribution is -1.95. The zero-order valence-corrected chi connectivity index (χ0v) is 10.1. The molecule has 2 N–H and O–H groups in total. The number of rotatable bonds is 4. The van der Waals surface area contributed by atoms with Gasteiger partial charge >= 0.3 is 0 Å². The summed E-state index contributed by atoms with van der Waals surface area (Å²) in [4.78, 5) is 1.26. The second-order valence-electron chi connectivity index (χ2n) is 3.66. The number of nitrogens with zero attached hydrogens (tertiary/aromatic N) is 2. The van der Waals surface area contributed by atoms with Crippen LogP contribution >= 0.6 is 11.8 Å². The number of nitrogens with two attached hydrogens (primary N) is 1. The van der Waals surface area contributed by atoms with Crippen LogP contribution in [0.25, 0.3) is 0 Å². The minimum Gasteiger partial charge on any atom is -0.326 e. The first-order chi connectivity index (χ1) is 7.78. The van der Waals surface area contributed by atoms with E-state index in [1.807, 2.05) is 48.0 Å². The molecule has 1 heterocycles. The van der Waals surface area contributed by atoms with Gasteiger partial charge in [-0.05, 0) is 17.7 Å². The summed E-state index contributed by atoms with van der Waals surface area (Å²) in [6.45, 7) is 0.599. The molecule has 1 aromatic carbocycles. The summed E-state index contributed by atoms with van der Waals surface area (Å²) in [6.07, 6.45) is 3.94. The highest BCUT2D eigenvalue weighted by Gasteiger charge is 1.99. The number of hydrogen-bond acceptors (Lipinski definition) is 3. The highest BCUT2D eigenvalue weighted by molar-refractivity contribution is 7.98. The second-order valence-corrected chi connectivity index (χ2v) is 4.71. The number of aromatic nitrogens is 2. The van der Waals surface area contributed by atoms with Gasteiger partial charge in [-0.2, -0.15) is 5.10 Å². The van der Waals surface area contributed by atoms with Crippen LogP contribution in [-0.2, 0) is 19.3 Å². The van der Waals surface area contributed by atoms with Crippen molar-refractivity contribution in [1.29, 1.82) is 0 Å². The van der Waals surface area contributed by atoms with Gasteiger partial charge in [-0.15, -0.1) is 11.8 Å². The zero-order valence-electron chi connectivity index (χ0n) is 9.26. The van der Waals surface area contributed by atoms with Crippen LogP contribution in [0.2, 0.25) is 0 Å². The first-order valence-electron chi connectivity index (χ1n) is 5.17. The third-order valence-electron chi connectivity index (χ3n) is 2.30. The second kappa shape index (κ2) is 5.18. The standard InChI is InChI=1S/C12H15N3S/c1-15-8-11(7-14-15)9-16-12-4-2-3-10(5-12)6-13/h2-5,7-8H,6,9,13H2,1H3. The molecule has 16 heavy (non-hydrogen) atoms. The maximum Gasteiger partial charge on any atom is 0.0530 e. The van der Waals surface area contributed by atoms with Gasteiger partial charge in [-0.25, -0.2) is 0 Å². The third-order valence-corrected chi connectivity index (χ3v) is 3.36. The smallest absolute Gasteiger partial charge is 0.0530 e. The lowest BCUT2D eigenvalue weighted by molar-refractivity contribution is 0.767. The normalized spacial score (nSPS) is 10.6. The molecule has 0 unspecified atom stereocenters. The van der Waals surface area contributed by atoms with E-state index < -0.39 is 0 Å². The van der Waals surface area contributed by atoms with Crippen LogP contribution in [-0.4, -0.2) is 9.78 Å². The van der Waals surface area contributed by atoms with Crippen LogP contribution in [0.5, 0.6) is 0 Å². The van der Waals surface area contributed by atoms with E-state index in [0.29, 0.717) is 6.54 Å². The first kappa shape index (κ1) is 11.2. The van der Waals surface area contributed by atoms with Crippen molar-refractivity contribution in [3.8, 4) is 0 Å². The van der Waals surface area contributed by atoms with Crippen molar-refractivity contribution < 1.29 is 0 Å². The Labute approximate surface area is 99.7 Å². The van der Waals surface area contributed by atoms with Crippen LogP contribution < -0.4 is 5.73 Å². The predicted octanol–water partition coefficient (Wildman–Crippen LogP) is 2.17. The van der Waals surface area contributed by atoms with Crippen LogP contribution in [0.3, 0.4) is 0 Å². The molecule has 3 nitrogen and oxygen atoms in total. The fourth-order valence-electron chi connectivity index (χ4n) is 1.48. The minimum absolute atomic E-state index is 0.599. The molecule has 0 aliphatic heterocycles. The number of thioether (sulfide) groups is 1. The lowest BCUT2D eigenvalue weighted by Gasteiger charge is -2.02. The van der Waals surface area contributed by atoms with E-state index in [1.54, 1.807) is 0 Å². The molecule has 0 spiro atoms. The molecule has 0 atom stereocenters. The molecule has 1 aromatic heterocycles. The Balaban J connectivity index is 1.99. The van der Waals surface area contributed by atoms with Gasteiger partial charge in [0.1, 0.15) is 0 Å². The van der Waals surface area contributed by atoms with E-state index in [-0.39, 0.29) is 0 Å². The quantitative estimate of drug-likeness (QED) is 0.823. The van der Waals surface area contributed by atoms with Crippen molar-refractivity contribution in [1.82, 2.24) is 9.78 Å². The highest BCUT2D eigenvalue weighted by Crippen LogP contribution is 2.23. The summed E-state index contributed by atoms with van der Waals surface area (Å²) in [5.74, 6) is 0.946. The molecular formula is C12H15N3S. The van der Waals surface area contributed by atoms with Gasteiger partial charge in [0.2, 0.25) is 0 Å². The molecule has 4 heteroatoms. The van der Waals surface area contributed by atoms with E-state index in [0.717, 1.165) is 5.75 Å². The Morgan fingerprint density at radius 1 is 1.38 bits per heavy atom. The molecule has 84 valence electrons. The average molecular weight is 233 g/mol. The molecule has 0 aliphatic carbocycles. The zero-order chi connectivity index (χ0) is 11.4. The van der Waals surface area contributed by atoms with Gasteiger partial charge in [0, 0.05) is 36.0 Å². The topological polar surface area (TPSA) is 43.8 Å². The third kappa shape index (κ3) is 2.87. The number of aryl methyl sites for hydroxylation is 1.